The zero-order valence-electron chi connectivity index (χ0n) is 19.6. The fourth-order valence-corrected chi connectivity index (χ4v) is 7.02. The molecule has 1 saturated heterocycles. The van der Waals surface area contributed by atoms with Gasteiger partial charge in [-0.25, -0.2) is 4.98 Å². The molecular formula is C27H32N4O2S. The van der Waals surface area contributed by atoms with Crippen molar-refractivity contribution >= 4 is 34.1 Å². The molecule has 0 unspecified atom stereocenters. The molecule has 0 bridgehead atoms. The number of rotatable bonds is 3. The number of nitrogens with one attached hydrogen (secondary N) is 1. The van der Waals surface area contributed by atoms with Gasteiger partial charge < -0.3 is 14.8 Å². The van der Waals surface area contributed by atoms with Gasteiger partial charge in [-0.3, -0.25) is 9.59 Å². The molecule has 2 aliphatic heterocycles. The lowest BCUT2D eigenvalue weighted by molar-refractivity contribution is -0.137. The van der Waals surface area contributed by atoms with Crippen molar-refractivity contribution in [1.29, 1.82) is 0 Å². The van der Waals surface area contributed by atoms with Crippen molar-refractivity contribution in [3.05, 3.63) is 51.6 Å². The maximum Gasteiger partial charge on any atom is 0.273 e. The summed E-state index contributed by atoms with van der Waals surface area (Å²) in [5.41, 5.74) is 4.20. The Bertz CT molecular complexity index is 1200. The first-order chi connectivity index (χ1) is 16.7. The van der Waals surface area contributed by atoms with Crippen LogP contribution in [-0.4, -0.2) is 51.2 Å². The van der Waals surface area contributed by atoms with Crippen LogP contribution >= 0.6 is 11.3 Å². The molecule has 0 atom stereocenters. The highest BCUT2D eigenvalue weighted by atomic mass is 32.1. The lowest BCUT2D eigenvalue weighted by Crippen LogP contribution is -2.41. The first kappa shape index (κ1) is 21.8. The van der Waals surface area contributed by atoms with Crippen LogP contribution < -0.4 is 0 Å². The lowest BCUT2D eigenvalue weighted by Gasteiger charge is -2.34. The van der Waals surface area contributed by atoms with Gasteiger partial charge >= 0.3 is 0 Å². The van der Waals surface area contributed by atoms with Crippen molar-refractivity contribution in [2.75, 3.05) is 19.6 Å². The summed E-state index contributed by atoms with van der Waals surface area (Å²) in [7, 11) is 0. The second kappa shape index (κ2) is 9.17. The minimum atomic E-state index is 0.0247. The number of aromatic amines is 1. The number of H-pyrrole nitrogens is 1. The second-order valence-electron chi connectivity index (χ2n) is 10.1. The number of nitrogens with zero attached hydrogens (tertiary/aromatic N) is 3. The number of likely N-dealkylation sites (tertiary alicyclic amines) is 1. The predicted octanol–water partition coefficient (Wildman–Crippen LogP) is 5.11. The van der Waals surface area contributed by atoms with E-state index in [-0.39, 0.29) is 11.8 Å². The van der Waals surface area contributed by atoms with E-state index in [0.29, 0.717) is 24.1 Å². The number of benzene rings is 1. The van der Waals surface area contributed by atoms with E-state index >= 15 is 0 Å². The molecule has 2 fully saturated rings. The van der Waals surface area contributed by atoms with Crippen molar-refractivity contribution in [3.63, 3.8) is 0 Å². The van der Waals surface area contributed by atoms with Gasteiger partial charge in [0.05, 0.1) is 11.6 Å². The summed E-state index contributed by atoms with van der Waals surface area (Å²) in [6.45, 7) is 2.97. The van der Waals surface area contributed by atoms with Crippen LogP contribution in [0.4, 0.5) is 0 Å². The van der Waals surface area contributed by atoms with E-state index in [1.807, 2.05) is 16.3 Å². The van der Waals surface area contributed by atoms with Crippen LogP contribution in [0.15, 0.2) is 29.6 Å². The summed E-state index contributed by atoms with van der Waals surface area (Å²) >= 11 is 1.61. The van der Waals surface area contributed by atoms with Gasteiger partial charge in [-0.1, -0.05) is 37.5 Å². The van der Waals surface area contributed by atoms with Gasteiger partial charge in [-0.05, 0) is 43.7 Å². The summed E-state index contributed by atoms with van der Waals surface area (Å²) in [6.07, 6.45) is 8.56. The Labute approximate surface area is 204 Å². The van der Waals surface area contributed by atoms with Crippen LogP contribution in [0.2, 0.25) is 0 Å². The standard InChI is InChI=1S/C27H32N4O2S/c32-26(19-6-2-1-3-7-19)30-13-10-18(11-14-30)25-29-24(17-34-25)27(33)31-15-12-21-20-8-4-5-9-22(20)28-23(21)16-31/h4-5,8-9,17-19,28H,1-3,6-7,10-16H2. The zero-order chi connectivity index (χ0) is 23.1. The van der Waals surface area contributed by atoms with E-state index in [1.165, 1.54) is 30.2 Å². The van der Waals surface area contributed by atoms with Gasteiger partial charge in [0.15, 0.2) is 0 Å². The SMILES string of the molecule is O=C(c1csc(C2CCN(C(=O)C3CCCCC3)CC2)n1)N1CCc2c([nH]c3ccccc23)C1. The Morgan fingerprint density at radius 3 is 2.59 bits per heavy atom. The van der Waals surface area contributed by atoms with Crippen LogP contribution in [0.3, 0.4) is 0 Å². The molecule has 34 heavy (non-hydrogen) atoms. The smallest absolute Gasteiger partial charge is 0.273 e. The van der Waals surface area contributed by atoms with Crippen LogP contribution in [0.1, 0.15) is 77.6 Å². The molecule has 1 saturated carbocycles. The number of para-hydroxylation sites is 1. The van der Waals surface area contributed by atoms with Crippen molar-refractivity contribution < 1.29 is 9.59 Å². The summed E-state index contributed by atoms with van der Waals surface area (Å²) in [5.74, 6) is 0.992. The Hall–Kier alpha value is -2.67. The van der Waals surface area contributed by atoms with Crippen LogP contribution in [0.25, 0.3) is 10.9 Å². The van der Waals surface area contributed by atoms with Gasteiger partial charge in [-0.15, -0.1) is 11.3 Å². The molecule has 6 nitrogen and oxygen atoms in total. The van der Waals surface area contributed by atoms with E-state index in [9.17, 15) is 9.59 Å². The summed E-state index contributed by atoms with van der Waals surface area (Å²) in [5, 5.41) is 4.25. The molecule has 6 rings (SSSR count). The number of thiazole rings is 1. The molecule has 1 N–H and O–H groups in total. The Morgan fingerprint density at radius 1 is 0.971 bits per heavy atom. The fraction of sp³-hybridized carbons (Fsp3) is 0.519. The third kappa shape index (κ3) is 4.04. The van der Waals surface area contributed by atoms with E-state index in [4.69, 9.17) is 4.98 Å². The average Bonchev–Trinajstić information content (AvgIpc) is 3.53. The normalized spacial score (nSPS) is 20.0. The van der Waals surface area contributed by atoms with E-state index in [2.05, 4.69) is 28.1 Å². The number of piperidine rings is 1. The molecule has 0 spiro atoms. The molecule has 1 aliphatic carbocycles. The highest BCUT2D eigenvalue weighted by Crippen LogP contribution is 2.33. The highest BCUT2D eigenvalue weighted by molar-refractivity contribution is 7.09. The van der Waals surface area contributed by atoms with Crippen molar-refractivity contribution in [2.45, 2.75) is 63.8 Å². The molecule has 1 aromatic carbocycles. The highest BCUT2D eigenvalue weighted by Gasteiger charge is 2.31. The molecule has 0 radical (unpaired) electrons. The van der Waals surface area contributed by atoms with Gasteiger partial charge in [0.2, 0.25) is 5.91 Å². The Balaban J connectivity index is 1.08. The maximum atomic E-state index is 13.2. The Morgan fingerprint density at radius 2 is 1.76 bits per heavy atom. The quantitative estimate of drug-likeness (QED) is 0.571. The van der Waals surface area contributed by atoms with Crippen LogP contribution in [0, 0.1) is 5.92 Å². The lowest BCUT2D eigenvalue weighted by atomic mass is 9.87. The third-order valence-corrected chi connectivity index (χ3v) is 9.03. The molecule has 7 heteroatoms. The molecule has 2 aromatic heterocycles. The number of aromatic nitrogens is 2. The maximum absolute atomic E-state index is 13.2. The van der Waals surface area contributed by atoms with Gasteiger partial charge in [0.25, 0.3) is 5.91 Å². The summed E-state index contributed by atoms with van der Waals surface area (Å²) in [4.78, 5) is 38.4. The number of hydrogen-bond acceptors (Lipinski definition) is 4. The number of carbonyl (C=O) groups excluding carboxylic acids is 2. The second-order valence-corrected chi connectivity index (χ2v) is 11.0. The molecule has 2 amide bonds. The fourth-order valence-electron chi connectivity index (χ4n) is 6.06. The molecule has 4 heterocycles. The van der Waals surface area contributed by atoms with Crippen molar-refractivity contribution in [2.24, 2.45) is 5.92 Å². The average molecular weight is 477 g/mol. The van der Waals surface area contributed by atoms with Crippen LogP contribution in [0.5, 0.6) is 0 Å². The number of hydrogen-bond donors (Lipinski definition) is 1. The number of fused-ring (bicyclic) bond motifs is 3. The zero-order valence-corrected chi connectivity index (χ0v) is 20.4. The van der Waals surface area contributed by atoms with Gasteiger partial charge in [0, 0.05) is 53.4 Å². The molecule has 3 aromatic rings. The van der Waals surface area contributed by atoms with E-state index in [1.54, 1.807) is 11.3 Å². The Kier molecular flexibility index (Phi) is 5.89. The monoisotopic (exact) mass is 476 g/mol. The van der Waals surface area contributed by atoms with Crippen molar-refractivity contribution in [1.82, 2.24) is 19.8 Å². The van der Waals surface area contributed by atoms with E-state index < -0.39 is 0 Å². The predicted molar refractivity (Wildman–Crippen MR) is 134 cm³/mol. The summed E-state index contributed by atoms with van der Waals surface area (Å²) in [6, 6.07) is 8.37. The third-order valence-electron chi connectivity index (χ3n) is 8.02. The molecular weight excluding hydrogens is 444 g/mol. The first-order valence-corrected chi connectivity index (χ1v) is 13.7. The topological polar surface area (TPSA) is 69.3 Å². The number of carbonyl (C=O) groups is 2. The minimum Gasteiger partial charge on any atom is -0.357 e. The van der Waals surface area contributed by atoms with Gasteiger partial charge in [0.1, 0.15) is 5.69 Å². The molecule has 178 valence electrons. The van der Waals surface area contributed by atoms with Crippen molar-refractivity contribution in [3.8, 4) is 0 Å². The largest absolute Gasteiger partial charge is 0.357 e. The molecule has 3 aliphatic rings. The van der Waals surface area contributed by atoms with Crippen LogP contribution in [-0.2, 0) is 17.8 Å². The summed E-state index contributed by atoms with van der Waals surface area (Å²) < 4.78 is 0. The number of amides is 2. The first-order valence-electron chi connectivity index (χ1n) is 12.8. The van der Waals surface area contributed by atoms with Gasteiger partial charge in [-0.2, -0.15) is 0 Å². The minimum absolute atomic E-state index is 0.0247. The van der Waals surface area contributed by atoms with E-state index in [0.717, 1.165) is 68.0 Å².